The Morgan fingerprint density at radius 1 is 1.21 bits per heavy atom. The fraction of sp³-hybridized carbons (Fsp3) is 0.238. The number of methoxy groups -OCH3 is 1. The van der Waals surface area contributed by atoms with Gasteiger partial charge in [-0.25, -0.2) is 9.07 Å². The monoisotopic (exact) mass is 397 g/mol. The van der Waals surface area contributed by atoms with Crippen LogP contribution in [0.5, 0.6) is 5.75 Å². The average molecular weight is 397 g/mol. The van der Waals surface area contributed by atoms with Crippen molar-refractivity contribution < 1.29 is 13.9 Å². The van der Waals surface area contributed by atoms with Crippen molar-refractivity contribution in [3.63, 3.8) is 0 Å². The van der Waals surface area contributed by atoms with Crippen molar-refractivity contribution in [2.24, 2.45) is 0 Å². The summed E-state index contributed by atoms with van der Waals surface area (Å²) in [5, 5.41) is 7.33. The number of carbonyl (C=O) groups excluding carboxylic acids is 1. The van der Waals surface area contributed by atoms with Crippen molar-refractivity contribution in [2.75, 3.05) is 12.4 Å². The van der Waals surface area contributed by atoms with E-state index < -0.39 is 0 Å². The van der Waals surface area contributed by atoms with E-state index in [0.717, 1.165) is 22.6 Å². The minimum Gasteiger partial charge on any atom is -0.497 e. The number of nitrogens with one attached hydrogen (secondary N) is 1. The fourth-order valence-electron chi connectivity index (χ4n) is 3.34. The molecule has 0 unspecified atom stereocenters. The Bertz CT molecular complexity index is 1030. The van der Waals surface area contributed by atoms with Crippen LogP contribution in [0.4, 0.5) is 10.2 Å². The second-order valence-electron chi connectivity index (χ2n) is 6.66. The number of hydrogen-bond donors (Lipinski definition) is 1. The van der Waals surface area contributed by atoms with Crippen LogP contribution >= 0.6 is 11.8 Å². The first kappa shape index (κ1) is 18.6. The van der Waals surface area contributed by atoms with E-state index in [2.05, 4.69) is 10.4 Å². The number of ether oxygens (including phenoxy) is 1. The molecule has 0 spiro atoms. The quantitative estimate of drug-likeness (QED) is 0.707. The molecule has 0 radical (unpaired) electrons. The van der Waals surface area contributed by atoms with Crippen molar-refractivity contribution in [2.45, 2.75) is 24.3 Å². The molecule has 3 aromatic rings. The van der Waals surface area contributed by atoms with Gasteiger partial charge in [-0.1, -0.05) is 12.1 Å². The molecule has 2 atom stereocenters. The van der Waals surface area contributed by atoms with Gasteiger partial charge in [-0.15, -0.1) is 11.8 Å². The van der Waals surface area contributed by atoms with Crippen LogP contribution in [0.3, 0.4) is 0 Å². The lowest BCUT2D eigenvalue weighted by molar-refractivity contribution is -0.115. The second-order valence-corrected chi connectivity index (χ2v) is 8.11. The van der Waals surface area contributed by atoms with Gasteiger partial charge in [0.25, 0.3) is 0 Å². The maximum absolute atomic E-state index is 13.4. The molecule has 0 saturated carbocycles. The Labute approximate surface area is 166 Å². The van der Waals surface area contributed by atoms with Gasteiger partial charge in [-0.05, 0) is 55.8 Å². The number of carbonyl (C=O) groups is 1. The standard InChI is InChI=1S/C21H20FN3O2S/c1-12-18-19(14-5-4-6-17(11-14)27-3)28-13(2)21(26)23-20(18)25(24-12)16-9-7-15(22)8-10-16/h4-11,13,19H,1-3H3,(H,23,26)/t13-,19-/m1/s1. The lowest BCUT2D eigenvalue weighted by Gasteiger charge is -2.18. The van der Waals surface area contributed by atoms with E-state index in [1.54, 1.807) is 35.7 Å². The van der Waals surface area contributed by atoms with Crippen molar-refractivity contribution in [1.82, 2.24) is 9.78 Å². The Kier molecular flexibility index (Phi) is 4.85. The summed E-state index contributed by atoms with van der Waals surface area (Å²) in [7, 11) is 1.64. The number of halogens is 1. The summed E-state index contributed by atoms with van der Waals surface area (Å²) < 4.78 is 20.4. The van der Waals surface area contributed by atoms with Gasteiger partial charge < -0.3 is 10.1 Å². The third kappa shape index (κ3) is 3.26. The Balaban J connectivity index is 1.89. The molecule has 144 valence electrons. The van der Waals surface area contributed by atoms with Crippen molar-refractivity contribution in [3.8, 4) is 11.4 Å². The minimum atomic E-state index is -0.318. The summed E-state index contributed by atoms with van der Waals surface area (Å²) in [5.74, 6) is 0.985. The van der Waals surface area contributed by atoms with Crippen LogP contribution < -0.4 is 10.1 Å². The molecule has 1 amide bonds. The smallest absolute Gasteiger partial charge is 0.238 e. The van der Waals surface area contributed by atoms with Crippen LogP contribution in [-0.2, 0) is 4.79 Å². The number of amides is 1. The first-order valence-corrected chi connectivity index (χ1v) is 9.88. The van der Waals surface area contributed by atoms with Crippen LogP contribution in [0.25, 0.3) is 5.69 Å². The topological polar surface area (TPSA) is 56.1 Å². The van der Waals surface area contributed by atoms with Crippen LogP contribution in [0.2, 0.25) is 0 Å². The average Bonchev–Trinajstić information content (AvgIpc) is 2.94. The number of hydrogen-bond acceptors (Lipinski definition) is 4. The highest BCUT2D eigenvalue weighted by Crippen LogP contribution is 2.46. The van der Waals surface area contributed by atoms with E-state index in [9.17, 15) is 9.18 Å². The minimum absolute atomic E-state index is 0.0834. The zero-order valence-corrected chi connectivity index (χ0v) is 16.6. The maximum atomic E-state index is 13.4. The first-order chi connectivity index (χ1) is 13.5. The number of thioether (sulfide) groups is 1. The number of nitrogens with zero attached hydrogens (tertiary/aromatic N) is 2. The van der Waals surface area contributed by atoms with Gasteiger partial charge in [0, 0.05) is 5.56 Å². The van der Waals surface area contributed by atoms with Gasteiger partial charge in [0.15, 0.2) is 0 Å². The summed E-state index contributed by atoms with van der Waals surface area (Å²) in [6.45, 7) is 3.82. The van der Waals surface area contributed by atoms with Crippen LogP contribution in [0.1, 0.15) is 29.0 Å². The van der Waals surface area contributed by atoms with E-state index >= 15 is 0 Å². The fourth-order valence-corrected chi connectivity index (χ4v) is 4.66. The SMILES string of the molecule is COc1cccc([C@H]2S[C@H](C)C(=O)Nc3c2c(C)nn3-c2ccc(F)cc2)c1. The first-order valence-electron chi connectivity index (χ1n) is 8.93. The molecule has 0 bridgehead atoms. The molecule has 0 fully saturated rings. The normalized spacial score (nSPS) is 18.9. The van der Waals surface area contributed by atoms with Crippen LogP contribution in [0.15, 0.2) is 48.5 Å². The summed E-state index contributed by atoms with van der Waals surface area (Å²) in [5.41, 5.74) is 3.49. The third-order valence-corrected chi connectivity index (χ3v) is 6.19. The molecule has 1 aromatic heterocycles. The van der Waals surface area contributed by atoms with Crippen molar-refractivity contribution in [3.05, 3.63) is 71.2 Å². The molecule has 1 N–H and O–H groups in total. The largest absolute Gasteiger partial charge is 0.497 e. The molecule has 0 aliphatic carbocycles. The molecule has 2 heterocycles. The second kappa shape index (κ2) is 7.31. The van der Waals surface area contributed by atoms with Gasteiger partial charge in [0.1, 0.15) is 17.4 Å². The molecule has 0 saturated heterocycles. The van der Waals surface area contributed by atoms with E-state index in [1.165, 1.54) is 12.1 Å². The summed E-state index contributed by atoms with van der Waals surface area (Å²) >= 11 is 1.57. The summed E-state index contributed by atoms with van der Waals surface area (Å²) in [4.78, 5) is 12.7. The number of aromatic nitrogens is 2. The molecular weight excluding hydrogens is 377 g/mol. The van der Waals surface area contributed by atoms with Crippen molar-refractivity contribution in [1.29, 1.82) is 0 Å². The van der Waals surface area contributed by atoms with E-state index in [1.807, 2.05) is 38.1 Å². The zero-order valence-electron chi connectivity index (χ0n) is 15.8. The number of rotatable bonds is 3. The lowest BCUT2D eigenvalue weighted by atomic mass is 10.0. The highest BCUT2D eigenvalue weighted by Gasteiger charge is 2.34. The highest BCUT2D eigenvalue weighted by atomic mass is 32.2. The highest BCUT2D eigenvalue weighted by molar-refractivity contribution is 8.01. The molecule has 1 aliphatic rings. The maximum Gasteiger partial charge on any atom is 0.238 e. The number of anilines is 1. The molecular formula is C21H20FN3O2S. The number of aryl methyl sites for hydroxylation is 1. The molecule has 28 heavy (non-hydrogen) atoms. The van der Waals surface area contributed by atoms with Gasteiger partial charge >= 0.3 is 0 Å². The van der Waals surface area contributed by atoms with E-state index in [4.69, 9.17) is 4.74 Å². The molecule has 7 heteroatoms. The van der Waals surface area contributed by atoms with E-state index in [0.29, 0.717) is 11.5 Å². The number of fused-ring (bicyclic) bond motifs is 1. The molecule has 5 nitrogen and oxygen atoms in total. The molecule has 4 rings (SSSR count). The third-order valence-electron chi connectivity index (χ3n) is 4.79. The lowest BCUT2D eigenvalue weighted by Crippen LogP contribution is -2.22. The van der Waals surface area contributed by atoms with Gasteiger partial charge in [-0.3, -0.25) is 4.79 Å². The number of benzene rings is 2. The van der Waals surface area contributed by atoms with Crippen molar-refractivity contribution >= 4 is 23.5 Å². The van der Waals surface area contributed by atoms with E-state index in [-0.39, 0.29) is 22.2 Å². The van der Waals surface area contributed by atoms with Gasteiger partial charge in [0.05, 0.1) is 29.0 Å². The zero-order chi connectivity index (χ0) is 19.8. The summed E-state index contributed by atoms with van der Waals surface area (Å²) in [6, 6.07) is 13.9. The Morgan fingerprint density at radius 3 is 2.68 bits per heavy atom. The Morgan fingerprint density at radius 2 is 1.96 bits per heavy atom. The van der Waals surface area contributed by atoms with Gasteiger partial charge in [0.2, 0.25) is 5.91 Å². The summed E-state index contributed by atoms with van der Waals surface area (Å²) in [6.07, 6.45) is 0. The Hall–Kier alpha value is -2.80. The van der Waals surface area contributed by atoms with Gasteiger partial charge in [-0.2, -0.15) is 5.10 Å². The van der Waals surface area contributed by atoms with Crippen LogP contribution in [-0.4, -0.2) is 28.0 Å². The molecule has 1 aliphatic heterocycles. The predicted octanol–water partition coefficient (Wildman–Crippen LogP) is 4.49. The molecule has 2 aromatic carbocycles. The van der Waals surface area contributed by atoms with Crippen LogP contribution in [0, 0.1) is 12.7 Å². The predicted molar refractivity (Wildman–Crippen MR) is 109 cm³/mol.